The van der Waals surface area contributed by atoms with Gasteiger partial charge in [0.25, 0.3) is 5.91 Å². The SMILES string of the molecule is COc1cc(/C=C/C(=O)O[C@@H](C(=O)N(C)C)c2ccccc2)cc(OC)c1OC. The van der Waals surface area contributed by atoms with Crippen LogP contribution >= 0.6 is 0 Å². The Morgan fingerprint density at radius 2 is 1.52 bits per heavy atom. The number of likely N-dealkylation sites (N-methyl/N-ethyl adjacent to an activating group) is 1. The van der Waals surface area contributed by atoms with E-state index in [1.54, 1.807) is 56.6 Å². The van der Waals surface area contributed by atoms with E-state index in [0.29, 0.717) is 28.4 Å². The topological polar surface area (TPSA) is 74.3 Å². The third-order valence-corrected chi connectivity index (χ3v) is 4.10. The van der Waals surface area contributed by atoms with Crippen molar-refractivity contribution in [2.24, 2.45) is 0 Å². The molecule has 1 atom stereocenters. The zero-order valence-corrected chi connectivity index (χ0v) is 17.2. The van der Waals surface area contributed by atoms with Crippen LogP contribution in [0.2, 0.25) is 0 Å². The molecule has 0 unspecified atom stereocenters. The smallest absolute Gasteiger partial charge is 0.331 e. The summed E-state index contributed by atoms with van der Waals surface area (Å²) in [4.78, 5) is 26.2. The van der Waals surface area contributed by atoms with E-state index in [4.69, 9.17) is 18.9 Å². The molecule has 29 heavy (non-hydrogen) atoms. The predicted octanol–water partition coefficient (Wildman–Crippen LogP) is 3.10. The van der Waals surface area contributed by atoms with Gasteiger partial charge in [-0.15, -0.1) is 0 Å². The molecule has 0 N–H and O–H groups in total. The number of benzene rings is 2. The highest BCUT2D eigenvalue weighted by Crippen LogP contribution is 2.38. The van der Waals surface area contributed by atoms with Crippen molar-refractivity contribution in [1.82, 2.24) is 4.90 Å². The Balaban J connectivity index is 2.24. The van der Waals surface area contributed by atoms with Gasteiger partial charge in [-0.2, -0.15) is 0 Å². The average Bonchev–Trinajstić information content (AvgIpc) is 2.75. The minimum absolute atomic E-state index is 0.328. The molecule has 7 heteroatoms. The first kappa shape index (κ1) is 21.8. The molecule has 0 aliphatic heterocycles. The second-order valence-electron chi connectivity index (χ2n) is 6.25. The fourth-order valence-corrected chi connectivity index (χ4v) is 2.64. The van der Waals surface area contributed by atoms with Crippen molar-refractivity contribution in [3.63, 3.8) is 0 Å². The largest absolute Gasteiger partial charge is 0.493 e. The molecule has 2 aromatic carbocycles. The summed E-state index contributed by atoms with van der Waals surface area (Å²) in [6, 6.07) is 12.3. The van der Waals surface area contributed by atoms with Gasteiger partial charge in [-0.3, -0.25) is 4.79 Å². The van der Waals surface area contributed by atoms with Gasteiger partial charge in [0.1, 0.15) is 0 Å². The molecule has 0 aliphatic rings. The summed E-state index contributed by atoms with van der Waals surface area (Å²) in [5, 5.41) is 0. The van der Waals surface area contributed by atoms with Crippen LogP contribution in [0.3, 0.4) is 0 Å². The van der Waals surface area contributed by atoms with Crippen molar-refractivity contribution in [1.29, 1.82) is 0 Å². The van der Waals surface area contributed by atoms with Gasteiger partial charge in [-0.1, -0.05) is 30.3 Å². The summed E-state index contributed by atoms with van der Waals surface area (Å²) in [6.07, 6.45) is 1.78. The number of carbonyl (C=O) groups is 2. The molecule has 0 saturated heterocycles. The van der Waals surface area contributed by atoms with E-state index >= 15 is 0 Å². The van der Waals surface area contributed by atoms with Crippen molar-refractivity contribution in [3.05, 3.63) is 59.7 Å². The Hall–Kier alpha value is -3.48. The maximum absolute atomic E-state index is 12.5. The van der Waals surface area contributed by atoms with Crippen LogP contribution < -0.4 is 14.2 Å². The van der Waals surface area contributed by atoms with Crippen molar-refractivity contribution in [2.45, 2.75) is 6.10 Å². The Labute approximate surface area is 170 Å². The number of hydrogen-bond acceptors (Lipinski definition) is 6. The lowest BCUT2D eigenvalue weighted by Crippen LogP contribution is -2.30. The molecule has 0 spiro atoms. The van der Waals surface area contributed by atoms with Crippen molar-refractivity contribution >= 4 is 18.0 Å². The molecule has 0 saturated carbocycles. The number of methoxy groups -OCH3 is 3. The lowest BCUT2D eigenvalue weighted by atomic mass is 10.1. The maximum Gasteiger partial charge on any atom is 0.331 e. The highest BCUT2D eigenvalue weighted by atomic mass is 16.5. The summed E-state index contributed by atoms with van der Waals surface area (Å²) in [7, 11) is 7.75. The third kappa shape index (κ3) is 5.51. The number of nitrogens with zero attached hydrogens (tertiary/aromatic N) is 1. The molecule has 0 aliphatic carbocycles. The number of amides is 1. The van der Waals surface area contributed by atoms with Crippen molar-refractivity contribution in [3.8, 4) is 17.2 Å². The zero-order chi connectivity index (χ0) is 21.4. The molecule has 2 aromatic rings. The number of carbonyl (C=O) groups excluding carboxylic acids is 2. The summed E-state index contributed by atoms with van der Waals surface area (Å²) < 4.78 is 21.3. The average molecular weight is 399 g/mol. The quantitative estimate of drug-likeness (QED) is 0.502. The first-order valence-electron chi connectivity index (χ1n) is 8.86. The number of hydrogen-bond donors (Lipinski definition) is 0. The molecule has 154 valence electrons. The molecule has 2 rings (SSSR count). The highest BCUT2D eigenvalue weighted by molar-refractivity contribution is 5.91. The summed E-state index contributed by atoms with van der Waals surface area (Å²) in [5.74, 6) is 0.401. The Morgan fingerprint density at radius 1 is 0.931 bits per heavy atom. The Morgan fingerprint density at radius 3 is 2.00 bits per heavy atom. The Kier molecular flexibility index (Phi) is 7.65. The highest BCUT2D eigenvalue weighted by Gasteiger charge is 2.25. The lowest BCUT2D eigenvalue weighted by Gasteiger charge is -2.20. The van der Waals surface area contributed by atoms with Crippen LogP contribution in [0.4, 0.5) is 0 Å². The summed E-state index contributed by atoms with van der Waals surface area (Å²) >= 11 is 0. The van der Waals surface area contributed by atoms with Gasteiger partial charge in [-0.05, 0) is 23.8 Å². The van der Waals surface area contributed by atoms with Gasteiger partial charge in [0.2, 0.25) is 11.9 Å². The van der Waals surface area contributed by atoms with Gasteiger partial charge in [0.15, 0.2) is 11.5 Å². The zero-order valence-electron chi connectivity index (χ0n) is 17.2. The molecule has 0 bridgehead atoms. The molecular formula is C22H25NO6. The number of esters is 1. The molecule has 7 nitrogen and oxygen atoms in total. The molecule has 0 radical (unpaired) electrons. The second-order valence-corrected chi connectivity index (χ2v) is 6.25. The van der Waals surface area contributed by atoms with Gasteiger partial charge in [-0.25, -0.2) is 4.79 Å². The van der Waals surface area contributed by atoms with E-state index in [9.17, 15) is 9.59 Å². The standard InChI is InChI=1S/C22H25NO6/c1-23(2)22(25)20(16-9-7-6-8-10-16)29-19(24)12-11-15-13-17(26-3)21(28-5)18(14-15)27-4/h6-14,20H,1-5H3/b12-11+/t20-/m1/s1. The number of rotatable bonds is 8. The van der Waals surface area contributed by atoms with Crippen LogP contribution in [0.5, 0.6) is 17.2 Å². The van der Waals surface area contributed by atoms with Crippen LogP contribution in [0.15, 0.2) is 48.5 Å². The van der Waals surface area contributed by atoms with Crippen molar-refractivity contribution < 1.29 is 28.5 Å². The normalized spacial score (nSPS) is 11.6. The van der Waals surface area contributed by atoms with Gasteiger partial charge in [0, 0.05) is 25.7 Å². The monoisotopic (exact) mass is 399 g/mol. The fourth-order valence-electron chi connectivity index (χ4n) is 2.64. The fraction of sp³-hybridized carbons (Fsp3) is 0.273. The second kappa shape index (κ2) is 10.2. The minimum atomic E-state index is -1.02. The van der Waals surface area contributed by atoms with Crippen LogP contribution in [0.1, 0.15) is 17.2 Å². The first-order chi connectivity index (χ1) is 13.9. The van der Waals surface area contributed by atoms with Crippen LogP contribution in [0.25, 0.3) is 6.08 Å². The van der Waals surface area contributed by atoms with E-state index in [1.165, 1.54) is 32.3 Å². The van der Waals surface area contributed by atoms with Crippen LogP contribution in [0, 0.1) is 0 Å². The molecular weight excluding hydrogens is 374 g/mol. The van der Waals surface area contributed by atoms with Crippen LogP contribution in [-0.4, -0.2) is 52.2 Å². The molecule has 0 heterocycles. The third-order valence-electron chi connectivity index (χ3n) is 4.10. The Bertz CT molecular complexity index is 851. The predicted molar refractivity (Wildman–Crippen MR) is 109 cm³/mol. The molecule has 1 amide bonds. The van der Waals surface area contributed by atoms with Gasteiger partial charge >= 0.3 is 5.97 Å². The maximum atomic E-state index is 12.5. The molecule has 0 aromatic heterocycles. The summed E-state index contributed by atoms with van der Waals surface area (Å²) in [5.41, 5.74) is 1.24. The molecule has 0 fully saturated rings. The van der Waals surface area contributed by atoms with E-state index in [2.05, 4.69) is 0 Å². The van der Waals surface area contributed by atoms with Gasteiger partial charge in [0.05, 0.1) is 21.3 Å². The van der Waals surface area contributed by atoms with E-state index in [0.717, 1.165) is 0 Å². The minimum Gasteiger partial charge on any atom is -0.493 e. The first-order valence-corrected chi connectivity index (χ1v) is 8.86. The van der Waals surface area contributed by atoms with E-state index < -0.39 is 12.1 Å². The lowest BCUT2D eigenvalue weighted by molar-refractivity contribution is -0.155. The van der Waals surface area contributed by atoms with Gasteiger partial charge < -0.3 is 23.8 Å². The van der Waals surface area contributed by atoms with Crippen molar-refractivity contribution in [2.75, 3.05) is 35.4 Å². The summed E-state index contributed by atoms with van der Waals surface area (Å²) in [6.45, 7) is 0. The van der Waals surface area contributed by atoms with E-state index in [-0.39, 0.29) is 5.91 Å². The number of ether oxygens (including phenoxy) is 4. The van der Waals surface area contributed by atoms with Crippen LogP contribution in [-0.2, 0) is 14.3 Å². The van der Waals surface area contributed by atoms with E-state index in [1.807, 2.05) is 6.07 Å².